The summed E-state index contributed by atoms with van der Waals surface area (Å²) in [4.78, 5) is 6.61. The molecule has 0 aliphatic carbocycles. The maximum absolute atomic E-state index is 5.99. The molecule has 1 aromatic heterocycles. The predicted octanol–water partition coefficient (Wildman–Crippen LogP) is 1.29. The molecule has 0 unspecified atom stereocenters. The van der Waals surface area contributed by atoms with Crippen molar-refractivity contribution >= 4 is 5.69 Å². The summed E-state index contributed by atoms with van der Waals surface area (Å²) in [6, 6.07) is 8.19. The summed E-state index contributed by atoms with van der Waals surface area (Å²) in [7, 11) is 0. The fourth-order valence-corrected chi connectivity index (χ4v) is 2.55. The lowest BCUT2D eigenvalue weighted by Crippen LogP contribution is -2.43. The summed E-state index contributed by atoms with van der Waals surface area (Å²) in [5.41, 5.74) is 1.15. The van der Waals surface area contributed by atoms with E-state index in [1.54, 1.807) is 6.33 Å². The van der Waals surface area contributed by atoms with Crippen LogP contribution in [-0.4, -0.2) is 40.9 Å². The second kappa shape index (κ2) is 6.58. The summed E-state index contributed by atoms with van der Waals surface area (Å²) in [5.74, 6) is 1.76. The second-order valence-corrected chi connectivity index (χ2v) is 4.99. The molecular formula is C15H21N5O. The Bertz CT molecular complexity index is 577. The van der Waals surface area contributed by atoms with Gasteiger partial charge in [-0.15, -0.1) is 0 Å². The van der Waals surface area contributed by atoms with Crippen molar-refractivity contribution in [1.82, 2.24) is 20.1 Å². The van der Waals surface area contributed by atoms with E-state index in [4.69, 9.17) is 4.74 Å². The van der Waals surface area contributed by atoms with E-state index in [0.717, 1.165) is 50.0 Å². The first-order valence-corrected chi connectivity index (χ1v) is 7.42. The van der Waals surface area contributed by atoms with E-state index in [0.29, 0.717) is 6.61 Å². The number of rotatable bonds is 5. The van der Waals surface area contributed by atoms with Crippen LogP contribution in [-0.2, 0) is 13.2 Å². The standard InChI is InChI=1S/C15H21N5O/c1-2-20-15(17-12-18-20)11-21-14-6-4-3-5-13(14)19-9-7-16-8-10-19/h3-6,12,16H,2,7-11H2,1H3. The van der Waals surface area contributed by atoms with Gasteiger partial charge in [0, 0.05) is 32.7 Å². The Labute approximate surface area is 124 Å². The second-order valence-electron chi connectivity index (χ2n) is 4.99. The molecule has 1 fully saturated rings. The van der Waals surface area contributed by atoms with Crippen LogP contribution in [0.15, 0.2) is 30.6 Å². The van der Waals surface area contributed by atoms with Gasteiger partial charge in [-0.25, -0.2) is 9.67 Å². The molecule has 2 aromatic rings. The normalized spacial score (nSPS) is 15.2. The molecule has 0 atom stereocenters. The predicted molar refractivity (Wildman–Crippen MR) is 81.6 cm³/mol. The van der Waals surface area contributed by atoms with Crippen LogP contribution in [0, 0.1) is 0 Å². The van der Waals surface area contributed by atoms with Gasteiger partial charge in [0.2, 0.25) is 0 Å². The zero-order valence-corrected chi connectivity index (χ0v) is 12.3. The van der Waals surface area contributed by atoms with Gasteiger partial charge in [0.05, 0.1) is 5.69 Å². The van der Waals surface area contributed by atoms with Crippen LogP contribution in [0.3, 0.4) is 0 Å². The Morgan fingerprint density at radius 2 is 2.05 bits per heavy atom. The summed E-state index contributed by atoms with van der Waals surface area (Å²) in [6.45, 7) is 7.33. The molecule has 0 spiro atoms. The van der Waals surface area contributed by atoms with E-state index in [2.05, 4.69) is 32.4 Å². The third-order valence-electron chi connectivity index (χ3n) is 3.67. The highest BCUT2D eigenvalue weighted by molar-refractivity contribution is 5.58. The lowest BCUT2D eigenvalue weighted by molar-refractivity contribution is 0.287. The molecule has 2 heterocycles. The molecule has 0 amide bonds. The lowest BCUT2D eigenvalue weighted by atomic mass is 10.2. The molecule has 1 aromatic carbocycles. The average molecular weight is 287 g/mol. The zero-order valence-electron chi connectivity index (χ0n) is 12.3. The number of hydrogen-bond acceptors (Lipinski definition) is 5. The highest BCUT2D eigenvalue weighted by Gasteiger charge is 2.15. The minimum absolute atomic E-state index is 0.441. The number of nitrogens with zero attached hydrogens (tertiary/aromatic N) is 4. The number of aromatic nitrogens is 3. The van der Waals surface area contributed by atoms with Crippen molar-refractivity contribution < 1.29 is 4.74 Å². The number of ether oxygens (including phenoxy) is 1. The molecule has 0 saturated carbocycles. The van der Waals surface area contributed by atoms with Gasteiger partial charge in [0.1, 0.15) is 18.7 Å². The maximum atomic E-state index is 5.99. The number of aryl methyl sites for hydroxylation is 1. The highest BCUT2D eigenvalue weighted by Crippen LogP contribution is 2.28. The van der Waals surface area contributed by atoms with Crippen LogP contribution in [0.25, 0.3) is 0 Å². The first kappa shape index (κ1) is 13.9. The van der Waals surface area contributed by atoms with Crippen LogP contribution < -0.4 is 15.0 Å². The number of piperazine rings is 1. The molecular weight excluding hydrogens is 266 g/mol. The molecule has 112 valence electrons. The van der Waals surface area contributed by atoms with Crippen molar-refractivity contribution in [1.29, 1.82) is 0 Å². The molecule has 21 heavy (non-hydrogen) atoms. The fraction of sp³-hybridized carbons (Fsp3) is 0.467. The Hall–Kier alpha value is -2.08. The van der Waals surface area contributed by atoms with Crippen molar-refractivity contribution in [3.05, 3.63) is 36.4 Å². The van der Waals surface area contributed by atoms with Gasteiger partial charge in [-0.1, -0.05) is 12.1 Å². The molecule has 6 heteroatoms. The number of para-hydroxylation sites is 2. The fourth-order valence-electron chi connectivity index (χ4n) is 2.55. The Balaban J connectivity index is 1.73. The Morgan fingerprint density at radius 3 is 2.86 bits per heavy atom. The van der Waals surface area contributed by atoms with Crippen molar-refractivity contribution in [2.24, 2.45) is 0 Å². The van der Waals surface area contributed by atoms with Gasteiger partial charge >= 0.3 is 0 Å². The van der Waals surface area contributed by atoms with Crippen molar-refractivity contribution in [2.75, 3.05) is 31.1 Å². The van der Waals surface area contributed by atoms with E-state index in [9.17, 15) is 0 Å². The molecule has 0 radical (unpaired) electrons. The van der Waals surface area contributed by atoms with Crippen LogP contribution in [0.4, 0.5) is 5.69 Å². The first-order chi connectivity index (χ1) is 10.4. The van der Waals surface area contributed by atoms with Gasteiger partial charge in [0.25, 0.3) is 0 Å². The van der Waals surface area contributed by atoms with Gasteiger partial charge in [-0.3, -0.25) is 0 Å². The molecule has 1 N–H and O–H groups in total. The summed E-state index contributed by atoms with van der Waals surface area (Å²) in [5, 5.41) is 7.54. The zero-order chi connectivity index (χ0) is 14.5. The smallest absolute Gasteiger partial charge is 0.164 e. The minimum atomic E-state index is 0.441. The van der Waals surface area contributed by atoms with Crippen LogP contribution in [0.1, 0.15) is 12.7 Å². The van der Waals surface area contributed by atoms with E-state index in [-0.39, 0.29) is 0 Å². The summed E-state index contributed by atoms with van der Waals surface area (Å²) in [6.07, 6.45) is 1.57. The van der Waals surface area contributed by atoms with Crippen molar-refractivity contribution in [3.63, 3.8) is 0 Å². The van der Waals surface area contributed by atoms with Crippen LogP contribution in [0.5, 0.6) is 5.75 Å². The SMILES string of the molecule is CCn1ncnc1COc1ccccc1N1CCNCC1. The monoisotopic (exact) mass is 287 g/mol. The molecule has 3 rings (SSSR count). The van der Waals surface area contributed by atoms with Gasteiger partial charge in [-0.05, 0) is 19.1 Å². The third-order valence-corrected chi connectivity index (χ3v) is 3.67. The first-order valence-electron chi connectivity index (χ1n) is 7.42. The molecule has 6 nitrogen and oxygen atoms in total. The van der Waals surface area contributed by atoms with E-state index in [1.165, 1.54) is 0 Å². The molecule has 1 aliphatic heterocycles. The molecule has 0 bridgehead atoms. The topological polar surface area (TPSA) is 55.2 Å². The number of hydrogen-bond donors (Lipinski definition) is 1. The maximum Gasteiger partial charge on any atom is 0.164 e. The molecule has 1 saturated heterocycles. The lowest BCUT2D eigenvalue weighted by Gasteiger charge is -2.30. The highest BCUT2D eigenvalue weighted by atomic mass is 16.5. The van der Waals surface area contributed by atoms with E-state index >= 15 is 0 Å². The van der Waals surface area contributed by atoms with E-state index < -0.39 is 0 Å². The Morgan fingerprint density at radius 1 is 1.24 bits per heavy atom. The van der Waals surface area contributed by atoms with Gasteiger partial charge < -0.3 is 15.0 Å². The van der Waals surface area contributed by atoms with Crippen LogP contribution in [0.2, 0.25) is 0 Å². The van der Waals surface area contributed by atoms with Crippen molar-refractivity contribution in [3.8, 4) is 5.75 Å². The van der Waals surface area contributed by atoms with Crippen molar-refractivity contribution in [2.45, 2.75) is 20.1 Å². The number of benzene rings is 1. The largest absolute Gasteiger partial charge is 0.483 e. The summed E-state index contributed by atoms with van der Waals surface area (Å²) < 4.78 is 7.85. The quantitative estimate of drug-likeness (QED) is 0.898. The third kappa shape index (κ3) is 3.16. The average Bonchev–Trinajstić information content (AvgIpc) is 3.01. The minimum Gasteiger partial charge on any atom is -0.483 e. The Kier molecular flexibility index (Phi) is 4.35. The van der Waals surface area contributed by atoms with E-state index in [1.807, 2.05) is 23.7 Å². The summed E-state index contributed by atoms with van der Waals surface area (Å²) >= 11 is 0. The molecule has 1 aliphatic rings. The number of nitrogens with one attached hydrogen (secondary N) is 1. The van der Waals surface area contributed by atoms with Crippen LogP contribution >= 0.6 is 0 Å². The van der Waals surface area contributed by atoms with Gasteiger partial charge in [0.15, 0.2) is 5.82 Å². The van der Waals surface area contributed by atoms with Gasteiger partial charge in [-0.2, -0.15) is 5.10 Å². The number of anilines is 1.